The van der Waals surface area contributed by atoms with E-state index in [2.05, 4.69) is 15.0 Å². The highest BCUT2D eigenvalue weighted by Gasteiger charge is 2.31. The summed E-state index contributed by atoms with van der Waals surface area (Å²) in [4.78, 5) is 10.0. The van der Waals surface area contributed by atoms with Gasteiger partial charge in [0.1, 0.15) is 71.8 Å². The van der Waals surface area contributed by atoms with E-state index in [0.29, 0.717) is 17.5 Å². The van der Waals surface area contributed by atoms with Crippen LogP contribution in [0.5, 0.6) is 34.5 Å². The third-order valence-corrected chi connectivity index (χ3v) is 23.7. The number of imidazole rings is 3. The molecular weight excluding hydrogens is 1500 g/mol. The normalized spacial score (nSPS) is 13.4. The molecule has 3 aromatic heterocycles. The van der Waals surface area contributed by atoms with Crippen molar-refractivity contribution >= 4 is 118 Å². The van der Waals surface area contributed by atoms with Crippen LogP contribution in [0.25, 0.3) is 0 Å². The monoisotopic (exact) mass is 1550 g/mol. The van der Waals surface area contributed by atoms with Gasteiger partial charge in [0.05, 0.1) is 50.7 Å². The number of hydrogen-bond donors (Lipinski definition) is 0. The number of fused-ring (bicyclic) bond motifs is 12. The molecule has 6 aromatic carbocycles. The highest BCUT2D eigenvalue weighted by Crippen LogP contribution is 2.45. The lowest BCUT2D eigenvalue weighted by molar-refractivity contribution is 0.286. The summed E-state index contributed by atoms with van der Waals surface area (Å²) in [7, 11) is 17.8. The van der Waals surface area contributed by atoms with Gasteiger partial charge >= 0.3 is 0 Å². The number of methoxy groups -OCH3 is 3. The molecule has 0 atom stereocenters. The maximum absolute atomic E-state index is 13.8. The van der Waals surface area contributed by atoms with Crippen molar-refractivity contribution < 1.29 is 78.9 Å². The summed E-state index contributed by atoms with van der Waals surface area (Å²) >= 11 is 0. The average Bonchev–Trinajstić information content (AvgIpc) is 0.801. The number of hydrogen-bond acceptors (Lipinski definition) is 21. The van der Waals surface area contributed by atoms with Crippen LogP contribution in [0, 0.1) is 0 Å². The molecule has 0 fully saturated rings. The summed E-state index contributed by atoms with van der Waals surface area (Å²) in [5.74, 6) is 0.648. The first-order chi connectivity index (χ1) is 44.9. The highest BCUT2D eigenvalue weighted by molar-refractivity contribution is 8.15. The number of rotatable bonds is 18. The Labute approximate surface area is 580 Å². The summed E-state index contributed by atoms with van der Waals surface area (Å²) in [5, 5.41) is 0. The van der Waals surface area contributed by atoms with Crippen LogP contribution < -0.4 is 28.4 Å². The highest BCUT2D eigenvalue weighted by atomic mass is 35.7. The standard InChI is InChI=1S/C60H54Cl6N6O18S6/c1-70-10-7-67-52(70)31-88-58-40-13-34-19-46(91(61,73)74)21-36(55(34)85-4)15-42-27-50(95(65,81)82)29-44(59(42)89-32-53-68-8-11-71(53)2)17-38-23-48(93(63,77)78)24-39(57(38)87-6)18-45-30-51(96(66,83)84)28-43(60(45)90-33-54-69-9-12-72(54)3)16-37-22-47(92(62,75)76)20-35(56(37)86-5)14-41(58)26-49(25-40)94(64,79)80/h7-12,19-30H,13-18,31-33H2,1-6H3. The van der Waals surface area contributed by atoms with Crippen molar-refractivity contribution in [2.75, 3.05) is 21.3 Å². The van der Waals surface area contributed by atoms with Crippen LogP contribution in [0.4, 0.5) is 0 Å². The van der Waals surface area contributed by atoms with E-state index in [0.717, 1.165) is 0 Å². The maximum Gasteiger partial charge on any atom is 0.261 e. The fourth-order valence-corrected chi connectivity index (χ4v) is 16.3. The summed E-state index contributed by atoms with van der Waals surface area (Å²) in [6, 6.07) is 14.0. The molecule has 3 heterocycles. The molecule has 0 amide bonds. The number of nitrogens with zero attached hydrogens (tertiary/aromatic N) is 6. The predicted molar refractivity (Wildman–Crippen MR) is 356 cm³/mol. The van der Waals surface area contributed by atoms with Gasteiger partial charge in [-0.2, -0.15) is 0 Å². The van der Waals surface area contributed by atoms with Crippen molar-refractivity contribution in [1.29, 1.82) is 0 Å². The first-order valence-corrected chi connectivity index (χ1v) is 41.8. The molecule has 0 spiro atoms. The quantitative estimate of drug-likeness (QED) is 0.0721. The Morgan fingerprint density at radius 3 is 0.583 bits per heavy atom. The van der Waals surface area contributed by atoms with Crippen molar-refractivity contribution in [1.82, 2.24) is 28.7 Å². The van der Waals surface area contributed by atoms with Crippen LogP contribution in [0.1, 0.15) is 84.2 Å². The second-order valence-electron chi connectivity index (χ2n) is 22.0. The molecule has 0 unspecified atom stereocenters. The molecule has 0 saturated heterocycles. The molecule has 24 nitrogen and oxygen atoms in total. The fraction of sp³-hybridized carbons (Fsp3) is 0.250. The van der Waals surface area contributed by atoms with Gasteiger partial charge in [-0.1, -0.05) is 0 Å². The average molecular weight is 1550 g/mol. The fourth-order valence-electron chi connectivity index (χ4n) is 11.3. The van der Waals surface area contributed by atoms with Crippen LogP contribution >= 0.6 is 64.1 Å². The summed E-state index contributed by atoms with van der Waals surface area (Å²) in [6.45, 7) is -0.922. The molecule has 96 heavy (non-hydrogen) atoms. The van der Waals surface area contributed by atoms with Crippen molar-refractivity contribution in [2.45, 2.75) is 87.7 Å². The zero-order valence-electron chi connectivity index (χ0n) is 51.0. The predicted octanol–water partition coefficient (Wildman–Crippen LogP) is 10.1. The van der Waals surface area contributed by atoms with Gasteiger partial charge in [-0.05, 0) is 72.8 Å². The summed E-state index contributed by atoms with van der Waals surface area (Å²) < 4.78 is 209. The van der Waals surface area contributed by atoms with Crippen molar-refractivity contribution in [2.24, 2.45) is 21.1 Å². The van der Waals surface area contributed by atoms with Gasteiger partial charge in [0.2, 0.25) is 0 Å². The Balaban J connectivity index is 1.36. The Hall–Kier alpha value is -6.81. The minimum atomic E-state index is -4.74. The van der Waals surface area contributed by atoms with E-state index in [1.807, 2.05) is 0 Å². The van der Waals surface area contributed by atoms with Gasteiger partial charge in [-0.15, -0.1) is 0 Å². The van der Waals surface area contributed by atoms with E-state index < -0.39 is 122 Å². The minimum absolute atomic E-state index is 0.00341. The van der Waals surface area contributed by atoms with Gasteiger partial charge in [-0.25, -0.2) is 65.5 Å². The molecular formula is C60H54Cl6N6O18S6. The van der Waals surface area contributed by atoms with E-state index in [9.17, 15) is 50.5 Å². The first kappa shape index (κ1) is 71.9. The molecule has 1 aliphatic carbocycles. The van der Waals surface area contributed by atoms with Gasteiger partial charge < -0.3 is 42.1 Å². The lowest BCUT2D eigenvalue weighted by Crippen LogP contribution is -2.12. The van der Waals surface area contributed by atoms with E-state index in [-0.39, 0.29) is 121 Å². The van der Waals surface area contributed by atoms with Crippen molar-refractivity contribution in [3.8, 4) is 34.5 Å². The number of ether oxygens (including phenoxy) is 6. The Kier molecular flexibility index (Phi) is 20.9. The zero-order chi connectivity index (χ0) is 69.8. The van der Waals surface area contributed by atoms with E-state index >= 15 is 0 Å². The molecule has 510 valence electrons. The number of aryl methyl sites for hydroxylation is 3. The molecule has 12 bridgehead atoms. The smallest absolute Gasteiger partial charge is 0.261 e. The van der Waals surface area contributed by atoms with E-state index in [1.165, 1.54) is 113 Å². The Bertz CT molecular complexity index is 4670. The van der Waals surface area contributed by atoms with Gasteiger partial charge in [0.25, 0.3) is 54.3 Å². The Morgan fingerprint density at radius 2 is 0.458 bits per heavy atom. The van der Waals surface area contributed by atoms with Crippen LogP contribution in [0.2, 0.25) is 0 Å². The number of aromatic nitrogens is 6. The first-order valence-electron chi connectivity index (χ1n) is 27.9. The maximum atomic E-state index is 13.8. The summed E-state index contributed by atoms with van der Waals surface area (Å²) in [5.41, 5.74) is 0.00938. The van der Waals surface area contributed by atoms with Gasteiger partial charge in [0.15, 0.2) is 0 Å². The molecule has 9 aromatic rings. The van der Waals surface area contributed by atoms with E-state index in [1.54, 1.807) is 53.4 Å². The number of halogens is 6. The molecule has 0 aliphatic heterocycles. The third kappa shape index (κ3) is 16.2. The third-order valence-electron chi connectivity index (χ3n) is 15.7. The summed E-state index contributed by atoms with van der Waals surface area (Å²) in [6.07, 6.45) is 6.51. The molecule has 36 heteroatoms. The van der Waals surface area contributed by atoms with Gasteiger partial charge in [0, 0.05) is 228 Å². The van der Waals surface area contributed by atoms with E-state index in [4.69, 9.17) is 92.5 Å². The minimum Gasteiger partial charge on any atom is -0.496 e. The van der Waals surface area contributed by atoms with Crippen molar-refractivity contribution in [3.63, 3.8) is 0 Å². The molecule has 0 radical (unpaired) electrons. The van der Waals surface area contributed by atoms with Crippen LogP contribution in [-0.2, 0) is 134 Å². The second kappa shape index (κ2) is 27.8. The van der Waals surface area contributed by atoms with Crippen molar-refractivity contribution in [3.05, 3.63) is 194 Å². The molecule has 0 N–H and O–H groups in total. The van der Waals surface area contributed by atoms with Crippen LogP contribution in [0.15, 0.2) is 139 Å². The Morgan fingerprint density at radius 1 is 0.302 bits per heavy atom. The largest absolute Gasteiger partial charge is 0.496 e. The second-order valence-corrected chi connectivity index (χ2v) is 37.3. The zero-order valence-corrected chi connectivity index (χ0v) is 60.4. The molecule has 1 aliphatic rings. The molecule has 0 saturated carbocycles. The van der Waals surface area contributed by atoms with Gasteiger partial charge in [-0.3, -0.25) is 0 Å². The lowest BCUT2D eigenvalue weighted by Gasteiger charge is -2.23. The topological polar surface area (TPSA) is 314 Å². The van der Waals surface area contributed by atoms with Crippen LogP contribution in [-0.4, -0.2) is 100 Å². The lowest BCUT2D eigenvalue weighted by atomic mass is 9.91. The number of benzene rings is 6. The van der Waals surface area contributed by atoms with Crippen LogP contribution in [0.3, 0.4) is 0 Å². The molecule has 10 rings (SSSR count). The SMILES string of the molecule is COc1c2cc(S(=O)(=O)Cl)cc1Cc1cc(S(=O)(=O)Cl)cc(c1OCc1nccn1C)Cc1cc(S(=O)(=O)Cl)cc(c1OC)Cc1cc(S(=O)(=O)Cl)cc(c1OCc1nccn1C)Cc1cc(S(=O)(=O)Cl)cc(c1OC)Cc1cc(S(=O)(=O)Cl)cc(c1OCc1nccn1C)C2.